The van der Waals surface area contributed by atoms with Crippen LogP contribution in [-0.4, -0.2) is 22.0 Å². The molecule has 0 radical (unpaired) electrons. The molecule has 3 N–H and O–H groups in total. The molecule has 0 saturated carbocycles. The van der Waals surface area contributed by atoms with Gasteiger partial charge in [-0.2, -0.15) is 0 Å². The highest BCUT2D eigenvalue weighted by molar-refractivity contribution is 5.93. The van der Waals surface area contributed by atoms with Crippen molar-refractivity contribution < 1.29 is 4.79 Å². The Hall–Kier alpha value is -2.30. The lowest BCUT2D eigenvalue weighted by molar-refractivity contribution is 0.0946. The number of pyridine rings is 1. The van der Waals surface area contributed by atoms with Gasteiger partial charge in [-0.1, -0.05) is 6.07 Å². The molecule has 18 heavy (non-hydrogen) atoms. The van der Waals surface area contributed by atoms with Crippen LogP contribution in [0.15, 0.2) is 36.8 Å². The average Bonchev–Trinajstić information content (AvgIpc) is 2.70. The first kappa shape index (κ1) is 12.2. The van der Waals surface area contributed by atoms with E-state index in [1.165, 1.54) is 0 Å². The van der Waals surface area contributed by atoms with Crippen LogP contribution < -0.4 is 11.1 Å². The average molecular weight is 244 g/mol. The van der Waals surface area contributed by atoms with Crippen LogP contribution >= 0.6 is 0 Å². The summed E-state index contributed by atoms with van der Waals surface area (Å²) in [6.07, 6.45) is 6.01. The molecular weight excluding hydrogens is 228 g/mol. The summed E-state index contributed by atoms with van der Waals surface area (Å²) >= 11 is 0. The Bertz CT molecular complexity index is 533. The number of aryl methyl sites for hydroxylation is 1. The number of hydrogen-bond acceptors (Lipinski definition) is 3. The van der Waals surface area contributed by atoms with E-state index in [0.717, 1.165) is 12.0 Å². The van der Waals surface area contributed by atoms with E-state index in [0.29, 0.717) is 17.9 Å². The molecule has 5 heteroatoms. The van der Waals surface area contributed by atoms with E-state index in [-0.39, 0.29) is 5.91 Å². The third-order valence-electron chi connectivity index (χ3n) is 2.68. The summed E-state index contributed by atoms with van der Waals surface area (Å²) in [5.74, 6) is -0.113. The van der Waals surface area contributed by atoms with E-state index < -0.39 is 0 Å². The maximum Gasteiger partial charge on any atom is 0.267 e. The molecule has 0 unspecified atom stereocenters. The van der Waals surface area contributed by atoms with Gasteiger partial charge in [0.05, 0.1) is 5.69 Å². The fraction of sp³-hybridized carbons (Fsp3) is 0.231. The van der Waals surface area contributed by atoms with Gasteiger partial charge in [-0.3, -0.25) is 9.78 Å². The Morgan fingerprint density at radius 3 is 3.00 bits per heavy atom. The van der Waals surface area contributed by atoms with Gasteiger partial charge in [0, 0.05) is 32.2 Å². The van der Waals surface area contributed by atoms with Crippen molar-refractivity contribution in [3.8, 4) is 0 Å². The minimum Gasteiger partial charge on any atom is -0.397 e. The minimum absolute atomic E-state index is 0.113. The highest BCUT2D eigenvalue weighted by atomic mass is 16.1. The van der Waals surface area contributed by atoms with Gasteiger partial charge in [0.1, 0.15) is 5.69 Å². The highest BCUT2D eigenvalue weighted by Crippen LogP contribution is 2.08. The number of aromatic nitrogens is 2. The van der Waals surface area contributed by atoms with E-state index >= 15 is 0 Å². The van der Waals surface area contributed by atoms with Gasteiger partial charge in [-0.25, -0.2) is 0 Å². The van der Waals surface area contributed by atoms with E-state index in [2.05, 4.69) is 10.3 Å². The number of amides is 1. The van der Waals surface area contributed by atoms with Gasteiger partial charge in [-0.15, -0.1) is 0 Å². The molecule has 0 aromatic carbocycles. The Kier molecular flexibility index (Phi) is 3.62. The molecule has 1 amide bonds. The number of anilines is 1. The third-order valence-corrected chi connectivity index (χ3v) is 2.68. The topological polar surface area (TPSA) is 72.9 Å². The monoisotopic (exact) mass is 244 g/mol. The van der Waals surface area contributed by atoms with Crippen molar-refractivity contribution in [1.82, 2.24) is 14.9 Å². The zero-order valence-corrected chi connectivity index (χ0v) is 10.3. The van der Waals surface area contributed by atoms with Crippen LogP contribution in [0.3, 0.4) is 0 Å². The summed E-state index contributed by atoms with van der Waals surface area (Å²) < 4.78 is 1.72. The van der Waals surface area contributed by atoms with Crippen LogP contribution in [0.25, 0.3) is 0 Å². The second-order valence-electron chi connectivity index (χ2n) is 4.14. The molecule has 0 bridgehead atoms. The SMILES string of the molecule is Cn1cc(N)cc1C(=O)NCCc1cccnc1. The number of nitrogens with zero attached hydrogens (tertiary/aromatic N) is 2. The number of nitrogens with one attached hydrogen (secondary N) is 1. The van der Waals surface area contributed by atoms with Crippen molar-refractivity contribution >= 4 is 11.6 Å². The summed E-state index contributed by atoms with van der Waals surface area (Å²) in [6, 6.07) is 5.54. The molecule has 0 aliphatic rings. The molecule has 0 aliphatic heterocycles. The van der Waals surface area contributed by atoms with Crippen LogP contribution in [0, 0.1) is 0 Å². The van der Waals surface area contributed by atoms with Gasteiger partial charge in [-0.05, 0) is 24.1 Å². The van der Waals surface area contributed by atoms with E-state index in [1.54, 1.807) is 36.3 Å². The predicted octanol–water partition coefficient (Wildman–Crippen LogP) is 0.975. The number of nitrogen functional groups attached to an aromatic ring is 1. The summed E-state index contributed by atoms with van der Waals surface area (Å²) in [6.45, 7) is 0.579. The van der Waals surface area contributed by atoms with Crippen LogP contribution in [0.2, 0.25) is 0 Å². The molecule has 94 valence electrons. The first-order valence-corrected chi connectivity index (χ1v) is 5.76. The predicted molar refractivity (Wildman–Crippen MR) is 70.1 cm³/mol. The first-order chi connectivity index (χ1) is 8.66. The molecule has 0 fully saturated rings. The van der Waals surface area contributed by atoms with E-state index in [4.69, 9.17) is 5.73 Å². The van der Waals surface area contributed by atoms with E-state index in [9.17, 15) is 4.79 Å². The second-order valence-corrected chi connectivity index (χ2v) is 4.14. The molecular formula is C13H16N4O. The standard InChI is InChI=1S/C13H16N4O/c1-17-9-11(14)7-12(17)13(18)16-6-4-10-3-2-5-15-8-10/h2-3,5,7-9H,4,6,14H2,1H3,(H,16,18). The van der Waals surface area contributed by atoms with Gasteiger partial charge in [0.2, 0.25) is 0 Å². The molecule has 2 aromatic rings. The Balaban J connectivity index is 1.87. The number of hydrogen-bond donors (Lipinski definition) is 2. The molecule has 2 heterocycles. The van der Waals surface area contributed by atoms with Crippen molar-refractivity contribution in [3.63, 3.8) is 0 Å². The smallest absolute Gasteiger partial charge is 0.267 e. The first-order valence-electron chi connectivity index (χ1n) is 5.76. The van der Waals surface area contributed by atoms with Crippen molar-refractivity contribution in [2.45, 2.75) is 6.42 Å². The number of nitrogens with two attached hydrogens (primary N) is 1. The molecule has 2 aromatic heterocycles. The Morgan fingerprint density at radius 1 is 1.56 bits per heavy atom. The Morgan fingerprint density at radius 2 is 2.39 bits per heavy atom. The summed E-state index contributed by atoms with van der Waals surface area (Å²) in [5.41, 5.74) is 7.89. The lowest BCUT2D eigenvalue weighted by Crippen LogP contribution is -2.27. The summed E-state index contributed by atoms with van der Waals surface area (Å²) in [7, 11) is 1.80. The minimum atomic E-state index is -0.113. The lowest BCUT2D eigenvalue weighted by Gasteiger charge is -2.05. The van der Waals surface area contributed by atoms with Crippen LogP contribution in [-0.2, 0) is 13.5 Å². The van der Waals surface area contributed by atoms with E-state index in [1.807, 2.05) is 12.1 Å². The van der Waals surface area contributed by atoms with Crippen LogP contribution in [0.4, 0.5) is 5.69 Å². The van der Waals surface area contributed by atoms with Gasteiger partial charge < -0.3 is 15.6 Å². The summed E-state index contributed by atoms with van der Waals surface area (Å²) in [5, 5.41) is 2.86. The van der Waals surface area contributed by atoms with Gasteiger partial charge in [0.15, 0.2) is 0 Å². The maximum atomic E-state index is 11.9. The second kappa shape index (κ2) is 5.35. The number of rotatable bonds is 4. The van der Waals surface area contributed by atoms with Crippen molar-refractivity contribution in [3.05, 3.63) is 48.0 Å². The largest absolute Gasteiger partial charge is 0.397 e. The molecule has 5 nitrogen and oxygen atoms in total. The maximum absolute atomic E-state index is 11.9. The number of carbonyl (C=O) groups is 1. The molecule has 2 rings (SSSR count). The fourth-order valence-electron chi connectivity index (χ4n) is 1.77. The van der Waals surface area contributed by atoms with Crippen molar-refractivity contribution in [2.24, 2.45) is 7.05 Å². The Labute approximate surface area is 106 Å². The quantitative estimate of drug-likeness (QED) is 0.842. The zero-order chi connectivity index (χ0) is 13.0. The van der Waals surface area contributed by atoms with Gasteiger partial charge >= 0.3 is 0 Å². The van der Waals surface area contributed by atoms with Crippen molar-refractivity contribution in [1.29, 1.82) is 0 Å². The summed E-state index contributed by atoms with van der Waals surface area (Å²) in [4.78, 5) is 15.9. The van der Waals surface area contributed by atoms with Crippen LogP contribution in [0.5, 0.6) is 0 Å². The number of carbonyl (C=O) groups excluding carboxylic acids is 1. The van der Waals surface area contributed by atoms with Crippen LogP contribution in [0.1, 0.15) is 16.1 Å². The van der Waals surface area contributed by atoms with Gasteiger partial charge in [0.25, 0.3) is 5.91 Å². The highest BCUT2D eigenvalue weighted by Gasteiger charge is 2.09. The third kappa shape index (κ3) is 2.88. The van der Waals surface area contributed by atoms with Crippen molar-refractivity contribution in [2.75, 3.05) is 12.3 Å². The molecule has 0 spiro atoms. The zero-order valence-electron chi connectivity index (χ0n) is 10.3. The normalized spacial score (nSPS) is 10.3. The molecule has 0 saturated heterocycles. The molecule has 0 aliphatic carbocycles. The fourth-order valence-corrected chi connectivity index (χ4v) is 1.77. The molecule has 0 atom stereocenters. The lowest BCUT2D eigenvalue weighted by atomic mass is 10.2.